The summed E-state index contributed by atoms with van der Waals surface area (Å²) in [5, 5.41) is 8.55. The number of aryl methyl sites for hydroxylation is 2. The van der Waals surface area contributed by atoms with Crippen molar-refractivity contribution in [3.8, 4) is 0 Å². The topological polar surface area (TPSA) is 69.2 Å². The number of hydrogen-bond acceptors (Lipinski definition) is 6. The molecule has 7 heteroatoms. The Morgan fingerprint density at radius 3 is 2.96 bits per heavy atom. The zero-order valence-corrected chi connectivity index (χ0v) is 15.1. The molecule has 1 aliphatic rings. The monoisotopic (exact) mass is 353 g/mol. The van der Waals surface area contributed by atoms with E-state index in [9.17, 15) is 0 Å². The normalized spacial score (nSPS) is 17.4. The molecular weight excluding hydrogens is 330 g/mol. The first kappa shape index (κ1) is 16.9. The minimum atomic E-state index is 0.221. The van der Waals surface area contributed by atoms with Crippen molar-refractivity contribution in [3.63, 3.8) is 0 Å². The van der Waals surface area contributed by atoms with Gasteiger partial charge in [-0.25, -0.2) is 0 Å². The smallest absolute Gasteiger partial charge is 0.118 e. The van der Waals surface area contributed by atoms with Crippen molar-refractivity contribution in [2.45, 2.75) is 32.5 Å². The minimum absolute atomic E-state index is 0.221. The van der Waals surface area contributed by atoms with E-state index in [1.54, 1.807) is 6.20 Å². The van der Waals surface area contributed by atoms with Crippen molar-refractivity contribution >= 4 is 0 Å². The Morgan fingerprint density at radius 2 is 2.19 bits per heavy atom. The van der Waals surface area contributed by atoms with E-state index in [0.717, 1.165) is 48.2 Å². The summed E-state index contributed by atoms with van der Waals surface area (Å²) < 4.78 is 13.6. The van der Waals surface area contributed by atoms with Gasteiger partial charge in [0.1, 0.15) is 17.2 Å². The molecule has 0 amide bonds. The summed E-state index contributed by atoms with van der Waals surface area (Å²) in [5.41, 5.74) is 3.13. The van der Waals surface area contributed by atoms with Crippen molar-refractivity contribution in [2.24, 2.45) is 7.05 Å². The summed E-state index contributed by atoms with van der Waals surface area (Å²) in [7, 11) is 1.95. The third-order valence-corrected chi connectivity index (χ3v) is 4.65. The lowest BCUT2D eigenvalue weighted by Crippen LogP contribution is -2.35. The number of furan rings is 1. The van der Waals surface area contributed by atoms with Crippen LogP contribution < -0.4 is 0 Å². The Labute approximate surface area is 152 Å². The summed E-state index contributed by atoms with van der Waals surface area (Å²) in [6.07, 6.45) is 1.79. The third kappa shape index (κ3) is 3.68. The third-order valence-electron chi connectivity index (χ3n) is 4.65. The number of hydrogen-bond donors (Lipinski definition) is 0. The lowest BCUT2D eigenvalue weighted by Gasteiger charge is -2.31. The second-order valence-corrected chi connectivity index (χ2v) is 6.76. The van der Waals surface area contributed by atoms with E-state index in [4.69, 9.17) is 9.15 Å². The molecular formula is C19H23N5O2. The van der Waals surface area contributed by atoms with E-state index in [1.165, 1.54) is 0 Å². The second-order valence-electron chi connectivity index (χ2n) is 6.76. The Morgan fingerprint density at radius 1 is 1.27 bits per heavy atom. The van der Waals surface area contributed by atoms with Crippen LogP contribution in [0.2, 0.25) is 0 Å². The first-order chi connectivity index (χ1) is 12.7. The van der Waals surface area contributed by atoms with Crippen LogP contribution in [-0.4, -0.2) is 38.0 Å². The largest absolute Gasteiger partial charge is 0.465 e. The molecule has 0 unspecified atom stereocenters. The maximum atomic E-state index is 5.96. The fourth-order valence-electron chi connectivity index (χ4n) is 3.53. The molecule has 3 aromatic heterocycles. The number of rotatable bonds is 6. The Hall–Kier alpha value is -2.51. The summed E-state index contributed by atoms with van der Waals surface area (Å²) in [6, 6.07) is 9.90. The van der Waals surface area contributed by atoms with Crippen LogP contribution in [0, 0.1) is 6.92 Å². The van der Waals surface area contributed by atoms with Crippen LogP contribution in [0.1, 0.15) is 34.5 Å². The zero-order chi connectivity index (χ0) is 17.9. The van der Waals surface area contributed by atoms with Gasteiger partial charge in [0.2, 0.25) is 0 Å². The van der Waals surface area contributed by atoms with Gasteiger partial charge in [-0.2, -0.15) is 0 Å². The molecule has 4 heterocycles. The predicted molar refractivity (Wildman–Crippen MR) is 95.2 cm³/mol. The quantitative estimate of drug-likeness (QED) is 0.678. The van der Waals surface area contributed by atoms with Crippen molar-refractivity contribution in [2.75, 3.05) is 13.2 Å². The molecule has 7 nitrogen and oxygen atoms in total. The highest BCUT2D eigenvalue weighted by molar-refractivity contribution is 5.20. The molecule has 1 aliphatic heterocycles. The minimum Gasteiger partial charge on any atom is -0.465 e. The SMILES string of the molecule is Cc1ccc(CN2Cc3nnn(C)c3[C@@H](COCc3ccccn3)C2)o1. The number of nitrogens with zero attached hydrogens (tertiary/aromatic N) is 5. The maximum absolute atomic E-state index is 5.96. The van der Waals surface area contributed by atoms with Gasteiger partial charge in [-0.15, -0.1) is 5.10 Å². The van der Waals surface area contributed by atoms with Crippen molar-refractivity contribution in [3.05, 3.63) is 65.1 Å². The van der Waals surface area contributed by atoms with Crippen LogP contribution in [0.15, 0.2) is 40.9 Å². The highest BCUT2D eigenvalue weighted by atomic mass is 16.5. The molecule has 1 atom stereocenters. The summed E-state index contributed by atoms with van der Waals surface area (Å²) >= 11 is 0. The van der Waals surface area contributed by atoms with Gasteiger partial charge in [0, 0.05) is 32.3 Å². The average Bonchev–Trinajstić information content (AvgIpc) is 3.22. The summed E-state index contributed by atoms with van der Waals surface area (Å²) in [4.78, 5) is 6.65. The van der Waals surface area contributed by atoms with Crippen molar-refractivity contribution < 1.29 is 9.15 Å². The average molecular weight is 353 g/mol. The summed E-state index contributed by atoms with van der Waals surface area (Å²) in [5.74, 6) is 2.13. The van der Waals surface area contributed by atoms with Crippen LogP contribution >= 0.6 is 0 Å². The van der Waals surface area contributed by atoms with E-state index in [2.05, 4.69) is 20.2 Å². The van der Waals surface area contributed by atoms with Gasteiger partial charge in [0.15, 0.2) is 0 Å². The molecule has 0 radical (unpaired) electrons. The molecule has 0 bridgehead atoms. The first-order valence-electron chi connectivity index (χ1n) is 8.83. The van der Waals surface area contributed by atoms with Gasteiger partial charge in [-0.3, -0.25) is 14.6 Å². The molecule has 0 N–H and O–H groups in total. The highest BCUT2D eigenvalue weighted by Crippen LogP contribution is 2.28. The van der Waals surface area contributed by atoms with E-state index >= 15 is 0 Å². The Bertz CT molecular complexity index is 858. The molecule has 0 aromatic carbocycles. The van der Waals surface area contributed by atoms with Crippen molar-refractivity contribution in [1.82, 2.24) is 24.9 Å². The molecule has 136 valence electrons. The van der Waals surface area contributed by atoms with Gasteiger partial charge in [0.05, 0.1) is 31.1 Å². The second kappa shape index (κ2) is 7.39. The molecule has 0 fully saturated rings. The predicted octanol–water partition coefficient (Wildman–Crippen LogP) is 2.43. The van der Waals surface area contributed by atoms with Crippen LogP contribution in [0.3, 0.4) is 0 Å². The number of ether oxygens (including phenoxy) is 1. The van der Waals surface area contributed by atoms with E-state index in [1.807, 2.05) is 49.0 Å². The standard InChI is InChI=1S/C19H23N5O2/c1-14-6-7-17(26-14)10-24-9-15(19-18(11-24)21-22-23(19)2)12-25-13-16-5-3-4-8-20-16/h3-8,15H,9-13H2,1-2H3/t15-/m1/s1. The Balaban J connectivity index is 1.44. The zero-order valence-electron chi connectivity index (χ0n) is 15.1. The number of aromatic nitrogens is 4. The first-order valence-corrected chi connectivity index (χ1v) is 8.83. The van der Waals surface area contributed by atoms with Crippen LogP contribution in [-0.2, 0) is 31.5 Å². The van der Waals surface area contributed by atoms with Crippen LogP contribution in [0.5, 0.6) is 0 Å². The number of fused-ring (bicyclic) bond motifs is 1. The summed E-state index contributed by atoms with van der Waals surface area (Å²) in [6.45, 7) is 5.51. The molecule has 0 saturated heterocycles. The fraction of sp³-hybridized carbons (Fsp3) is 0.421. The molecule has 0 spiro atoms. The molecule has 0 saturated carbocycles. The molecule has 26 heavy (non-hydrogen) atoms. The molecule has 4 rings (SSSR count). The van der Waals surface area contributed by atoms with Crippen LogP contribution in [0.4, 0.5) is 0 Å². The van der Waals surface area contributed by atoms with Crippen LogP contribution in [0.25, 0.3) is 0 Å². The molecule has 3 aromatic rings. The molecule has 0 aliphatic carbocycles. The van der Waals surface area contributed by atoms with Crippen molar-refractivity contribution in [1.29, 1.82) is 0 Å². The van der Waals surface area contributed by atoms with E-state index < -0.39 is 0 Å². The highest BCUT2D eigenvalue weighted by Gasteiger charge is 2.30. The number of pyridine rings is 1. The van der Waals surface area contributed by atoms with Gasteiger partial charge >= 0.3 is 0 Å². The van der Waals surface area contributed by atoms with Gasteiger partial charge in [0.25, 0.3) is 0 Å². The fourth-order valence-corrected chi connectivity index (χ4v) is 3.53. The van der Waals surface area contributed by atoms with E-state index in [0.29, 0.717) is 13.2 Å². The van der Waals surface area contributed by atoms with Gasteiger partial charge in [-0.1, -0.05) is 11.3 Å². The lowest BCUT2D eigenvalue weighted by atomic mass is 9.99. The maximum Gasteiger partial charge on any atom is 0.118 e. The Kier molecular flexibility index (Phi) is 4.81. The van der Waals surface area contributed by atoms with Gasteiger partial charge < -0.3 is 9.15 Å². The lowest BCUT2D eigenvalue weighted by molar-refractivity contribution is 0.0796. The van der Waals surface area contributed by atoms with E-state index in [-0.39, 0.29) is 5.92 Å². The van der Waals surface area contributed by atoms with Gasteiger partial charge in [-0.05, 0) is 31.2 Å².